The van der Waals surface area contributed by atoms with Gasteiger partial charge in [-0.05, 0) is 16.7 Å². The molecule has 22 heavy (non-hydrogen) atoms. The Bertz CT molecular complexity index is 588. The third-order valence-corrected chi connectivity index (χ3v) is 6.43. The van der Waals surface area contributed by atoms with Crippen LogP contribution in [0.2, 0.25) is 0 Å². The summed E-state index contributed by atoms with van der Waals surface area (Å²) >= 11 is 0. The van der Waals surface area contributed by atoms with Crippen LogP contribution in [0.15, 0.2) is 91.0 Å². The summed E-state index contributed by atoms with van der Waals surface area (Å²) in [5, 5.41) is -0.0888. The monoisotopic (exact) mass is 388 g/mol. The molecular formula is C19H19BrP2. The third-order valence-electron chi connectivity index (χ3n) is 3.84. The largest absolute Gasteiger partial charge is 0.114 e. The van der Waals surface area contributed by atoms with Gasteiger partial charge in [0.1, 0.15) is 0 Å². The maximum absolute atomic E-state index is 2.97. The van der Waals surface area contributed by atoms with Crippen molar-refractivity contribution in [2.45, 2.75) is 5.16 Å². The van der Waals surface area contributed by atoms with Gasteiger partial charge in [0, 0.05) is 0 Å². The molecule has 0 aliphatic heterocycles. The van der Waals surface area contributed by atoms with Crippen molar-refractivity contribution in [3.63, 3.8) is 0 Å². The van der Waals surface area contributed by atoms with Crippen LogP contribution in [-0.4, -0.2) is 0 Å². The van der Waals surface area contributed by atoms with E-state index in [0.717, 1.165) is 0 Å². The topological polar surface area (TPSA) is 0 Å². The predicted molar refractivity (Wildman–Crippen MR) is 108 cm³/mol. The molecule has 0 saturated carbocycles. The zero-order chi connectivity index (χ0) is 14.5. The molecule has 0 fully saturated rings. The molecule has 2 atom stereocenters. The molecule has 2 unspecified atom stereocenters. The van der Waals surface area contributed by atoms with Crippen molar-refractivity contribution in [3.8, 4) is 0 Å². The molecule has 0 saturated heterocycles. The molecule has 0 bridgehead atoms. The molecule has 3 aromatic rings. The highest BCUT2D eigenvalue weighted by atomic mass is 79.9. The van der Waals surface area contributed by atoms with Gasteiger partial charge in [0.15, 0.2) is 0 Å². The Morgan fingerprint density at radius 3 is 1.05 bits per heavy atom. The molecule has 3 heteroatoms. The first-order valence-electron chi connectivity index (χ1n) is 7.02. The van der Waals surface area contributed by atoms with Crippen LogP contribution < -0.4 is 0 Å². The summed E-state index contributed by atoms with van der Waals surface area (Å²) in [4.78, 5) is 0. The molecule has 0 heterocycles. The minimum Gasteiger partial charge on any atom is -0.114 e. The Labute approximate surface area is 147 Å². The Morgan fingerprint density at radius 1 is 0.545 bits per heavy atom. The number of halogens is 1. The average Bonchev–Trinajstić information content (AvgIpc) is 2.59. The maximum atomic E-state index is 2.97. The Balaban J connectivity index is 0.00000176. The molecule has 3 rings (SSSR count). The predicted octanol–water partition coefficient (Wildman–Crippen LogP) is 6.03. The van der Waals surface area contributed by atoms with E-state index >= 15 is 0 Å². The van der Waals surface area contributed by atoms with E-state index in [0.29, 0.717) is 8.27 Å². The van der Waals surface area contributed by atoms with Gasteiger partial charge in [-0.15, -0.1) is 25.9 Å². The molecule has 0 amide bonds. The van der Waals surface area contributed by atoms with Gasteiger partial charge in [0.2, 0.25) is 0 Å². The normalized spacial score (nSPS) is 11.3. The SMILES string of the molecule is Br.PPC(c1ccccc1)(c1ccccc1)c1ccccc1. The van der Waals surface area contributed by atoms with Crippen LogP contribution >= 0.6 is 34.2 Å². The molecule has 112 valence electrons. The fourth-order valence-corrected chi connectivity index (χ4v) is 5.31. The van der Waals surface area contributed by atoms with Crippen molar-refractivity contribution in [2.75, 3.05) is 0 Å². The third kappa shape index (κ3) is 3.18. The van der Waals surface area contributed by atoms with Crippen LogP contribution in [0.3, 0.4) is 0 Å². The van der Waals surface area contributed by atoms with Crippen LogP contribution in [0.25, 0.3) is 0 Å². The molecule has 0 radical (unpaired) electrons. The maximum Gasteiger partial charge on any atom is 0.0655 e. The molecule has 3 aromatic carbocycles. The van der Waals surface area contributed by atoms with E-state index in [2.05, 4.69) is 99.9 Å². The zero-order valence-electron chi connectivity index (χ0n) is 12.1. The van der Waals surface area contributed by atoms with Gasteiger partial charge >= 0.3 is 0 Å². The van der Waals surface area contributed by atoms with E-state index in [1.54, 1.807) is 0 Å². The van der Waals surface area contributed by atoms with E-state index in [1.807, 2.05) is 0 Å². The van der Waals surface area contributed by atoms with Gasteiger partial charge in [-0.3, -0.25) is 0 Å². The van der Waals surface area contributed by atoms with Crippen LogP contribution in [0, 0.1) is 0 Å². The van der Waals surface area contributed by atoms with Gasteiger partial charge in [0.25, 0.3) is 0 Å². The molecule has 0 nitrogen and oxygen atoms in total. The number of benzene rings is 3. The standard InChI is InChI=1S/C19H18P2.BrH/c20-21-19(16-10-4-1-5-11-16,17-12-6-2-7-13-17)18-14-8-3-9-15-18;/h1-15,21H,20H2;1H. The lowest BCUT2D eigenvalue weighted by Crippen LogP contribution is -2.22. The lowest BCUT2D eigenvalue weighted by Gasteiger charge is -2.34. The van der Waals surface area contributed by atoms with Crippen molar-refractivity contribution in [2.24, 2.45) is 0 Å². The summed E-state index contributed by atoms with van der Waals surface area (Å²) < 4.78 is 0. The summed E-state index contributed by atoms with van der Waals surface area (Å²) in [7, 11) is 3.64. The molecule has 0 aliphatic carbocycles. The summed E-state index contributed by atoms with van der Waals surface area (Å²) in [5.41, 5.74) is 4.03. The van der Waals surface area contributed by atoms with Crippen molar-refractivity contribution in [1.82, 2.24) is 0 Å². The van der Waals surface area contributed by atoms with E-state index in [1.165, 1.54) is 16.7 Å². The van der Waals surface area contributed by atoms with Gasteiger partial charge < -0.3 is 0 Å². The van der Waals surface area contributed by atoms with E-state index < -0.39 is 0 Å². The fraction of sp³-hybridized carbons (Fsp3) is 0.0526. The minimum atomic E-state index is -0.0888. The Hall–Kier alpha value is -1.00. The summed E-state index contributed by atoms with van der Waals surface area (Å²) in [6.07, 6.45) is 0. The van der Waals surface area contributed by atoms with Crippen molar-refractivity contribution in [3.05, 3.63) is 108 Å². The van der Waals surface area contributed by atoms with Crippen molar-refractivity contribution < 1.29 is 0 Å². The molecule has 0 aliphatic rings. The van der Waals surface area contributed by atoms with Gasteiger partial charge in [-0.2, -0.15) is 0 Å². The lowest BCUT2D eigenvalue weighted by molar-refractivity contribution is 0.894. The van der Waals surface area contributed by atoms with Crippen molar-refractivity contribution in [1.29, 1.82) is 0 Å². The molecular weight excluding hydrogens is 370 g/mol. The quantitative estimate of drug-likeness (QED) is 0.378. The Kier molecular flexibility index (Phi) is 6.33. The van der Waals surface area contributed by atoms with Crippen LogP contribution in [0.4, 0.5) is 0 Å². The molecule has 0 aromatic heterocycles. The zero-order valence-corrected chi connectivity index (χ0v) is 16.0. The van der Waals surface area contributed by atoms with Crippen LogP contribution in [0.5, 0.6) is 0 Å². The van der Waals surface area contributed by atoms with Crippen LogP contribution in [0.1, 0.15) is 16.7 Å². The molecule has 0 N–H and O–H groups in total. The number of hydrogen-bond acceptors (Lipinski definition) is 0. The first kappa shape index (κ1) is 17.4. The van der Waals surface area contributed by atoms with Gasteiger partial charge in [-0.25, -0.2) is 0 Å². The highest BCUT2D eigenvalue weighted by molar-refractivity contribution is 8.93. The fourth-order valence-electron chi connectivity index (χ4n) is 2.81. The van der Waals surface area contributed by atoms with Crippen LogP contribution in [-0.2, 0) is 5.16 Å². The number of hydrogen-bond donors (Lipinski definition) is 0. The van der Waals surface area contributed by atoms with Gasteiger partial charge in [-0.1, -0.05) is 99.3 Å². The Morgan fingerprint density at radius 2 is 0.818 bits per heavy atom. The second-order valence-corrected chi connectivity index (χ2v) is 6.90. The summed E-state index contributed by atoms with van der Waals surface area (Å²) in [6, 6.07) is 32.4. The highest BCUT2D eigenvalue weighted by Gasteiger charge is 2.34. The van der Waals surface area contributed by atoms with Gasteiger partial charge in [0.05, 0.1) is 5.16 Å². The minimum absolute atomic E-state index is 0. The van der Waals surface area contributed by atoms with E-state index in [4.69, 9.17) is 0 Å². The summed E-state index contributed by atoms with van der Waals surface area (Å²) in [5.74, 6) is 0. The van der Waals surface area contributed by atoms with E-state index in [-0.39, 0.29) is 22.1 Å². The lowest BCUT2D eigenvalue weighted by atomic mass is 9.84. The van der Waals surface area contributed by atoms with E-state index in [9.17, 15) is 0 Å². The smallest absolute Gasteiger partial charge is 0.0655 e. The molecule has 0 spiro atoms. The second kappa shape index (κ2) is 8.02. The average molecular weight is 389 g/mol. The first-order valence-corrected chi connectivity index (χ1v) is 9.83. The highest BCUT2D eigenvalue weighted by Crippen LogP contribution is 2.55. The number of rotatable bonds is 4. The second-order valence-electron chi connectivity index (χ2n) is 4.99. The first-order chi connectivity index (χ1) is 10.4. The summed E-state index contributed by atoms with van der Waals surface area (Å²) in [6.45, 7) is 0. The van der Waals surface area contributed by atoms with Crippen molar-refractivity contribution >= 4 is 34.2 Å².